The number of halogens is 3. The van der Waals surface area contributed by atoms with Crippen LogP contribution in [-0.2, 0) is 24.2 Å². The van der Waals surface area contributed by atoms with Gasteiger partial charge in [0, 0.05) is 15.7 Å². The van der Waals surface area contributed by atoms with E-state index in [2.05, 4.69) is 5.32 Å². The first-order chi connectivity index (χ1) is 13.1. The Kier molecular flexibility index (Phi) is 7.71. The molecule has 1 amide bonds. The number of ether oxygens (including phenoxy) is 1. The average Bonchev–Trinajstić information content (AvgIpc) is 2.64. The lowest BCUT2D eigenvalue weighted by Crippen LogP contribution is -2.22. The fourth-order valence-corrected chi connectivity index (χ4v) is 4.40. The van der Waals surface area contributed by atoms with Crippen LogP contribution in [0.2, 0.25) is 15.1 Å². The van der Waals surface area contributed by atoms with E-state index in [4.69, 9.17) is 39.5 Å². The zero-order chi connectivity index (χ0) is 20.9. The molecule has 1 N–H and O–H groups in total. The smallest absolute Gasteiger partial charge is 0.307 e. The van der Waals surface area contributed by atoms with Crippen LogP contribution < -0.4 is 5.32 Å². The number of benzene rings is 2. The predicted molar refractivity (Wildman–Crippen MR) is 109 cm³/mol. The summed E-state index contributed by atoms with van der Waals surface area (Å²) in [4.78, 5) is 23.5. The van der Waals surface area contributed by atoms with Gasteiger partial charge in [-0.3, -0.25) is 9.59 Å². The van der Waals surface area contributed by atoms with Gasteiger partial charge in [0.15, 0.2) is 16.4 Å². The van der Waals surface area contributed by atoms with Gasteiger partial charge >= 0.3 is 5.97 Å². The molecular weight excluding hydrogens is 449 g/mol. The van der Waals surface area contributed by atoms with Gasteiger partial charge in [-0.05, 0) is 42.8 Å². The fraction of sp³-hybridized carbons (Fsp3) is 0.222. The molecule has 0 atom stereocenters. The summed E-state index contributed by atoms with van der Waals surface area (Å²) in [5.41, 5.74) is 1.17. The maximum Gasteiger partial charge on any atom is 0.307 e. The van der Waals surface area contributed by atoms with Crippen LogP contribution >= 0.6 is 34.8 Å². The topological polar surface area (TPSA) is 89.5 Å². The number of esters is 1. The van der Waals surface area contributed by atoms with Gasteiger partial charge in [0.1, 0.15) is 0 Å². The van der Waals surface area contributed by atoms with Crippen LogP contribution in [-0.4, -0.2) is 32.7 Å². The monoisotopic (exact) mass is 463 g/mol. The van der Waals surface area contributed by atoms with Gasteiger partial charge in [-0.15, -0.1) is 0 Å². The Morgan fingerprint density at radius 1 is 1.07 bits per heavy atom. The molecule has 0 saturated carbocycles. The summed E-state index contributed by atoms with van der Waals surface area (Å²) in [5, 5.41) is 3.27. The quantitative estimate of drug-likeness (QED) is 0.617. The molecule has 0 spiro atoms. The molecular formula is C18H16Cl3NO5S. The number of carbonyl (C=O) groups excluding carboxylic acids is 2. The molecule has 0 heterocycles. The standard InChI is InChI=1S/C18H16Cl3NO5S/c1-11-13(20)3-2-4-15(11)22-17(23)10-27-18(24)7-8-28(25,26)16-9-12(19)5-6-14(16)21/h2-6,9H,7-8,10H2,1H3,(H,22,23). The van der Waals surface area contributed by atoms with Gasteiger partial charge in [-0.1, -0.05) is 40.9 Å². The van der Waals surface area contributed by atoms with Crippen LogP contribution in [0, 0.1) is 6.92 Å². The second kappa shape index (κ2) is 9.60. The molecule has 10 heteroatoms. The summed E-state index contributed by atoms with van der Waals surface area (Å²) < 4.78 is 29.5. The van der Waals surface area contributed by atoms with Crippen LogP contribution in [0.4, 0.5) is 5.69 Å². The second-order valence-electron chi connectivity index (χ2n) is 5.76. The Hall–Kier alpha value is -1.80. The third kappa shape index (κ3) is 6.10. The fourth-order valence-electron chi connectivity index (χ4n) is 2.19. The Morgan fingerprint density at radius 3 is 2.50 bits per heavy atom. The molecule has 0 saturated heterocycles. The zero-order valence-electron chi connectivity index (χ0n) is 14.7. The SMILES string of the molecule is Cc1c(Cl)cccc1NC(=O)COC(=O)CCS(=O)(=O)c1cc(Cl)ccc1Cl. The molecule has 2 aromatic rings. The first-order valence-electron chi connectivity index (χ1n) is 7.98. The summed E-state index contributed by atoms with van der Waals surface area (Å²) >= 11 is 17.6. The molecule has 0 aliphatic rings. The van der Waals surface area contributed by atoms with E-state index in [1.165, 1.54) is 18.2 Å². The summed E-state index contributed by atoms with van der Waals surface area (Å²) in [6, 6.07) is 9.03. The van der Waals surface area contributed by atoms with Crippen molar-refractivity contribution in [1.82, 2.24) is 0 Å². The molecule has 0 unspecified atom stereocenters. The highest BCUT2D eigenvalue weighted by atomic mass is 35.5. The molecule has 0 radical (unpaired) electrons. The normalized spacial score (nSPS) is 11.1. The number of hydrogen-bond donors (Lipinski definition) is 1. The number of carbonyl (C=O) groups is 2. The van der Waals surface area contributed by atoms with Crippen molar-refractivity contribution in [3.8, 4) is 0 Å². The van der Waals surface area contributed by atoms with E-state index in [1.807, 2.05) is 0 Å². The number of amides is 1. The lowest BCUT2D eigenvalue weighted by molar-refractivity contribution is -0.146. The molecule has 28 heavy (non-hydrogen) atoms. The zero-order valence-corrected chi connectivity index (χ0v) is 17.8. The number of sulfone groups is 1. The molecule has 6 nitrogen and oxygen atoms in total. The maximum absolute atomic E-state index is 12.3. The van der Waals surface area contributed by atoms with Gasteiger partial charge in [0.25, 0.3) is 5.91 Å². The second-order valence-corrected chi connectivity index (χ2v) is 9.09. The Balaban J connectivity index is 1.88. The van der Waals surface area contributed by atoms with Crippen LogP contribution in [0.5, 0.6) is 0 Å². The summed E-state index contributed by atoms with van der Waals surface area (Å²) in [6.45, 7) is 1.18. The highest BCUT2D eigenvalue weighted by molar-refractivity contribution is 7.91. The van der Waals surface area contributed by atoms with Gasteiger partial charge in [-0.2, -0.15) is 0 Å². The van der Waals surface area contributed by atoms with Gasteiger partial charge in [-0.25, -0.2) is 8.42 Å². The summed E-state index contributed by atoms with van der Waals surface area (Å²) in [5.74, 6) is -1.93. The third-order valence-electron chi connectivity index (χ3n) is 3.71. The van der Waals surface area contributed by atoms with Crippen molar-refractivity contribution in [3.05, 3.63) is 57.0 Å². The number of nitrogens with one attached hydrogen (secondary N) is 1. The Labute approximate surface area is 177 Å². The number of anilines is 1. The Bertz CT molecular complexity index is 1010. The first-order valence-corrected chi connectivity index (χ1v) is 10.8. The molecule has 0 aliphatic heterocycles. The van der Waals surface area contributed by atoms with Crippen LogP contribution in [0.25, 0.3) is 0 Å². The molecule has 0 fully saturated rings. The highest BCUT2D eigenvalue weighted by Crippen LogP contribution is 2.26. The molecule has 0 aliphatic carbocycles. The van der Waals surface area contributed by atoms with Gasteiger partial charge < -0.3 is 10.1 Å². The lowest BCUT2D eigenvalue weighted by atomic mass is 10.2. The maximum atomic E-state index is 12.3. The van der Waals surface area contributed by atoms with Crippen molar-refractivity contribution in [1.29, 1.82) is 0 Å². The van der Waals surface area contributed by atoms with E-state index >= 15 is 0 Å². The van der Waals surface area contributed by atoms with E-state index in [-0.39, 0.29) is 14.9 Å². The van der Waals surface area contributed by atoms with Crippen molar-refractivity contribution in [2.45, 2.75) is 18.2 Å². The van der Waals surface area contributed by atoms with E-state index in [0.29, 0.717) is 16.3 Å². The largest absolute Gasteiger partial charge is 0.456 e. The van der Waals surface area contributed by atoms with E-state index in [9.17, 15) is 18.0 Å². The van der Waals surface area contributed by atoms with Crippen molar-refractivity contribution >= 4 is 62.2 Å². The minimum absolute atomic E-state index is 0.00837. The van der Waals surface area contributed by atoms with Gasteiger partial charge in [0.2, 0.25) is 0 Å². The summed E-state index contributed by atoms with van der Waals surface area (Å²) in [7, 11) is -3.84. The minimum atomic E-state index is -3.84. The van der Waals surface area contributed by atoms with E-state index in [1.54, 1.807) is 25.1 Å². The molecule has 2 rings (SSSR count). The third-order valence-corrected chi connectivity index (χ3v) is 6.54. The Morgan fingerprint density at radius 2 is 1.79 bits per heavy atom. The van der Waals surface area contributed by atoms with E-state index < -0.39 is 40.5 Å². The number of hydrogen-bond acceptors (Lipinski definition) is 5. The van der Waals surface area contributed by atoms with E-state index in [0.717, 1.165) is 0 Å². The first kappa shape index (κ1) is 22.5. The van der Waals surface area contributed by atoms with Crippen molar-refractivity contribution < 1.29 is 22.7 Å². The van der Waals surface area contributed by atoms with Crippen molar-refractivity contribution in [3.63, 3.8) is 0 Å². The number of rotatable bonds is 7. The minimum Gasteiger partial charge on any atom is -0.456 e. The van der Waals surface area contributed by atoms with Crippen LogP contribution in [0.1, 0.15) is 12.0 Å². The highest BCUT2D eigenvalue weighted by Gasteiger charge is 2.21. The molecule has 2 aromatic carbocycles. The lowest BCUT2D eigenvalue weighted by Gasteiger charge is -2.10. The average molecular weight is 465 g/mol. The van der Waals surface area contributed by atoms with Crippen molar-refractivity contribution in [2.75, 3.05) is 17.7 Å². The van der Waals surface area contributed by atoms with Crippen molar-refractivity contribution in [2.24, 2.45) is 0 Å². The van der Waals surface area contributed by atoms with Crippen LogP contribution in [0.3, 0.4) is 0 Å². The molecule has 0 aromatic heterocycles. The summed E-state index contributed by atoms with van der Waals surface area (Å²) in [6.07, 6.45) is -0.436. The molecule has 0 bridgehead atoms. The van der Waals surface area contributed by atoms with Crippen LogP contribution in [0.15, 0.2) is 41.3 Å². The predicted octanol–water partition coefficient (Wildman–Crippen LogP) is 4.30. The molecule has 150 valence electrons. The van der Waals surface area contributed by atoms with Gasteiger partial charge in [0.05, 0.1) is 22.1 Å².